The quantitative estimate of drug-likeness (QED) is 0.907. The van der Waals surface area contributed by atoms with Gasteiger partial charge in [0.1, 0.15) is 5.82 Å². The van der Waals surface area contributed by atoms with E-state index in [-0.39, 0.29) is 17.7 Å². The molecule has 126 valence electrons. The molecule has 3 heterocycles. The largest absolute Gasteiger partial charge is 0.336 e. The smallest absolute Gasteiger partial charge is 0.276 e. The fraction of sp³-hybridized carbons (Fsp3) is 0.438. The number of pyridine rings is 1. The molecule has 1 unspecified atom stereocenters. The van der Waals surface area contributed by atoms with Gasteiger partial charge in [0.15, 0.2) is 5.69 Å². The Labute approximate surface area is 139 Å². The molecular formula is C16H20N6O2. The number of rotatable bonds is 3. The van der Waals surface area contributed by atoms with E-state index in [0.29, 0.717) is 24.6 Å². The Morgan fingerprint density at radius 1 is 1.33 bits per heavy atom. The number of anilines is 1. The van der Waals surface area contributed by atoms with Crippen molar-refractivity contribution in [2.75, 3.05) is 18.4 Å². The van der Waals surface area contributed by atoms with Crippen molar-refractivity contribution in [3.63, 3.8) is 0 Å². The number of aromatic nitrogens is 4. The molecule has 0 radical (unpaired) electrons. The second-order valence-electron chi connectivity index (χ2n) is 6.02. The molecule has 1 aliphatic heterocycles. The van der Waals surface area contributed by atoms with Gasteiger partial charge in [-0.1, -0.05) is 11.3 Å². The maximum Gasteiger partial charge on any atom is 0.276 e. The number of hydrogen-bond donors (Lipinski definition) is 1. The molecule has 0 bridgehead atoms. The summed E-state index contributed by atoms with van der Waals surface area (Å²) in [6.07, 6.45) is 3.12. The summed E-state index contributed by atoms with van der Waals surface area (Å²) in [5, 5.41) is 10.5. The first kappa shape index (κ1) is 16.1. The lowest BCUT2D eigenvalue weighted by Crippen LogP contribution is -2.44. The van der Waals surface area contributed by atoms with E-state index in [2.05, 4.69) is 20.6 Å². The first-order valence-electron chi connectivity index (χ1n) is 7.93. The van der Waals surface area contributed by atoms with Crippen LogP contribution in [0.25, 0.3) is 0 Å². The molecule has 2 aromatic rings. The van der Waals surface area contributed by atoms with Crippen molar-refractivity contribution < 1.29 is 9.59 Å². The molecule has 0 aromatic carbocycles. The van der Waals surface area contributed by atoms with Gasteiger partial charge in [0.25, 0.3) is 5.91 Å². The van der Waals surface area contributed by atoms with Gasteiger partial charge in [0, 0.05) is 25.8 Å². The van der Waals surface area contributed by atoms with Crippen LogP contribution in [0.1, 0.15) is 29.0 Å². The molecule has 0 spiro atoms. The Balaban J connectivity index is 1.64. The molecule has 1 atom stereocenters. The van der Waals surface area contributed by atoms with E-state index in [0.717, 1.165) is 18.5 Å². The molecule has 24 heavy (non-hydrogen) atoms. The van der Waals surface area contributed by atoms with E-state index in [4.69, 9.17) is 0 Å². The van der Waals surface area contributed by atoms with E-state index < -0.39 is 0 Å². The van der Waals surface area contributed by atoms with Crippen molar-refractivity contribution in [1.82, 2.24) is 24.9 Å². The van der Waals surface area contributed by atoms with Crippen molar-refractivity contribution in [2.45, 2.75) is 19.8 Å². The van der Waals surface area contributed by atoms with Crippen LogP contribution in [0.2, 0.25) is 0 Å². The van der Waals surface area contributed by atoms with Crippen molar-refractivity contribution >= 4 is 17.6 Å². The molecular weight excluding hydrogens is 308 g/mol. The van der Waals surface area contributed by atoms with Gasteiger partial charge in [0.2, 0.25) is 5.91 Å². The zero-order chi connectivity index (χ0) is 17.1. The summed E-state index contributed by atoms with van der Waals surface area (Å²) in [7, 11) is 1.71. The SMILES string of the molecule is Cc1cccc(NC(=O)C2CCCN(C(=O)c3cn(C)nn3)C2)n1. The number of carbonyl (C=O) groups excluding carboxylic acids is 2. The lowest BCUT2D eigenvalue weighted by atomic mass is 9.97. The number of hydrogen-bond acceptors (Lipinski definition) is 5. The van der Waals surface area contributed by atoms with Gasteiger partial charge in [-0.2, -0.15) is 0 Å². The summed E-state index contributed by atoms with van der Waals surface area (Å²) in [5.41, 5.74) is 1.15. The lowest BCUT2D eigenvalue weighted by molar-refractivity contribution is -0.121. The Kier molecular flexibility index (Phi) is 4.54. The van der Waals surface area contributed by atoms with Gasteiger partial charge >= 0.3 is 0 Å². The van der Waals surface area contributed by atoms with Crippen LogP contribution < -0.4 is 5.32 Å². The van der Waals surface area contributed by atoms with Gasteiger partial charge < -0.3 is 10.2 Å². The first-order valence-corrected chi connectivity index (χ1v) is 7.93. The number of aryl methyl sites for hydroxylation is 2. The average Bonchev–Trinajstić information content (AvgIpc) is 3.01. The maximum absolute atomic E-state index is 12.5. The molecule has 2 aromatic heterocycles. The second kappa shape index (κ2) is 6.77. The van der Waals surface area contributed by atoms with E-state index in [1.54, 1.807) is 24.2 Å². The monoisotopic (exact) mass is 328 g/mol. The summed E-state index contributed by atoms with van der Waals surface area (Å²) in [4.78, 5) is 30.9. The topological polar surface area (TPSA) is 93.0 Å². The molecule has 8 nitrogen and oxygen atoms in total. The molecule has 8 heteroatoms. The third kappa shape index (κ3) is 3.58. The van der Waals surface area contributed by atoms with Gasteiger partial charge in [0.05, 0.1) is 12.1 Å². The number of nitrogens with zero attached hydrogens (tertiary/aromatic N) is 5. The molecule has 1 fully saturated rings. The number of nitrogens with one attached hydrogen (secondary N) is 1. The Bertz CT molecular complexity index is 757. The van der Waals surface area contributed by atoms with Crippen LogP contribution in [0.4, 0.5) is 5.82 Å². The maximum atomic E-state index is 12.5. The van der Waals surface area contributed by atoms with Gasteiger partial charge in [-0.15, -0.1) is 5.10 Å². The highest BCUT2D eigenvalue weighted by atomic mass is 16.2. The van der Waals surface area contributed by atoms with Crippen LogP contribution in [0, 0.1) is 12.8 Å². The zero-order valence-electron chi connectivity index (χ0n) is 13.8. The summed E-state index contributed by atoms with van der Waals surface area (Å²) < 4.78 is 1.49. The average molecular weight is 328 g/mol. The zero-order valence-corrected chi connectivity index (χ0v) is 13.8. The molecule has 0 saturated carbocycles. The molecule has 1 aliphatic rings. The number of carbonyl (C=O) groups is 2. The summed E-state index contributed by atoms with van der Waals surface area (Å²) in [5.74, 6) is -0.00177. The van der Waals surface area contributed by atoms with Gasteiger partial charge in [-0.05, 0) is 31.9 Å². The minimum Gasteiger partial charge on any atom is -0.336 e. The van der Waals surface area contributed by atoms with E-state index in [9.17, 15) is 9.59 Å². The standard InChI is InChI=1S/C16H20N6O2/c1-11-5-3-7-14(17-11)18-15(23)12-6-4-8-22(9-12)16(24)13-10-21(2)20-19-13/h3,5,7,10,12H,4,6,8-9H2,1-2H3,(H,17,18,23). The molecule has 2 amide bonds. The van der Waals surface area contributed by atoms with Crippen molar-refractivity contribution in [1.29, 1.82) is 0 Å². The molecule has 1 saturated heterocycles. The van der Waals surface area contributed by atoms with Crippen molar-refractivity contribution in [3.8, 4) is 0 Å². The predicted octanol–water partition coefficient (Wildman–Crippen LogP) is 1.01. The highest BCUT2D eigenvalue weighted by Crippen LogP contribution is 2.19. The Morgan fingerprint density at radius 3 is 2.88 bits per heavy atom. The Hall–Kier alpha value is -2.77. The number of piperidine rings is 1. The van der Waals surface area contributed by atoms with Crippen molar-refractivity contribution in [2.24, 2.45) is 13.0 Å². The van der Waals surface area contributed by atoms with Crippen LogP contribution in [0.3, 0.4) is 0 Å². The Morgan fingerprint density at radius 2 is 2.17 bits per heavy atom. The second-order valence-corrected chi connectivity index (χ2v) is 6.02. The molecule has 0 aliphatic carbocycles. The normalized spacial score (nSPS) is 17.6. The predicted molar refractivity (Wildman–Crippen MR) is 87.2 cm³/mol. The fourth-order valence-corrected chi connectivity index (χ4v) is 2.82. The van der Waals surface area contributed by atoms with Crippen LogP contribution >= 0.6 is 0 Å². The summed E-state index contributed by atoms with van der Waals surface area (Å²) >= 11 is 0. The van der Waals surface area contributed by atoms with E-state index in [1.807, 2.05) is 19.1 Å². The van der Waals surface area contributed by atoms with Crippen LogP contribution in [-0.4, -0.2) is 49.8 Å². The molecule has 1 N–H and O–H groups in total. The minimum absolute atomic E-state index is 0.107. The number of likely N-dealkylation sites (tertiary alicyclic amines) is 1. The number of amides is 2. The summed E-state index contributed by atoms with van der Waals surface area (Å²) in [6, 6.07) is 5.48. The fourth-order valence-electron chi connectivity index (χ4n) is 2.82. The summed E-state index contributed by atoms with van der Waals surface area (Å²) in [6.45, 7) is 2.88. The van der Waals surface area contributed by atoms with Gasteiger partial charge in [-0.25, -0.2) is 4.98 Å². The van der Waals surface area contributed by atoms with E-state index >= 15 is 0 Å². The highest BCUT2D eigenvalue weighted by Gasteiger charge is 2.30. The van der Waals surface area contributed by atoms with Crippen molar-refractivity contribution in [3.05, 3.63) is 35.8 Å². The first-order chi connectivity index (χ1) is 11.5. The molecule has 3 rings (SSSR count). The lowest BCUT2D eigenvalue weighted by Gasteiger charge is -2.31. The van der Waals surface area contributed by atoms with Crippen LogP contribution in [0.15, 0.2) is 24.4 Å². The van der Waals surface area contributed by atoms with E-state index in [1.165, 1.54) is 4.68 Å². The van der Waals surface area contributed by atoms with Crippen LogP contribution in [-0.2, 0) is 11.8 Å². The highest BCUT2D eigenvalue weighted by molar-refractivity contribution is 5.94. The third-order valence-corrected chi connectivity index (χ3v) is 4.04. The van der Waals surface area contributed by atoms with Gasteiger partial charge in [-0.3, -0.25) is 14.3 Å². The third-order valence-electron chi connectivity index (χ3n) is 4.04. The van der Waals surface area contributed by atoms with Crippen LogP contribution in [0.5, 0.6) is 0 Å². The minimum atomic E-state index is -0.248.